The Morgan fingerprint density at radius 1 is 0.867 bits per heavy atom. The zero-order valence-electron chi connectivity index (χ0n) is 24.0. The summed E-state index contributed by atoms with van der Waals surface area (Å²) in [5, 5.41) is 21.6. The molecular formula is C33H28N4O7S. The fourth-order valence-electron chi connectivity index (χ4n) is 4.56. The Hall–Kier alpha value is -5.75. The highest BCUT2D eigenvalue weighted by atomic mass is 32.2. The number of nitrogens with one attached hydrogen (secondary N) is 1. The maximum atomic E-state index is 12.5. The highest BCUT2D eigenvalue weighted by Crippen LogP contribution is 2.35. The lowest BCUT2D eigenvalue weighted by atomic mass is 10.1. The van der Waals surface area contributed by atoms with Gasteiger partial charge in [-0.2, -0.15) is 0 Å². The Labute approximate surface area is 259 Å². The molecule has 3 N–H and O–H groups in total. The summed E-state index contributed by atoms with van der Waals surface area (Å²) in [6.45, 7) is 0. The number of rotatable bonds is 7. The Balaban J connectivity index is 0.000000178. The zero-order valence-corrected chi connectivity index (χ0v) is 24.8. The summed E-state index contributed by atoms with van der Waals surface area (Å²) in [6.07, 6.45) is 1.77. The molecule has 228 valence electrons. The molecule has 1 aliphatic rings. The minimum Gasteiger partial charge on any atom is -0.505 e. The lowest BCUT2D eigenvalue weighted by molar-refractivity contribution is -0.137. The summed E-state index contributed by atoms with van der Waals surface area (Å²) in [5.74, 6) is -0.649. The first-order chi connectivity index (χ1) is 21.7. The Morgan fingerprint density at radius 3 is 2.13 bits per heavy atom. The van der Waals surface area contributed by atoms with Gasteiger partial charge in [0.25, 0.3) is 15.9 Å². The van der Waals surface area contributed by atoms with E-state index in [2.05, 4.69) is 15.3 Å². The van der Waals surface area contributed by atoms with E-state index in [1.807, 2.05) is 60.7 Å². The third-order valence-corrected chi connectivity index (χ3v) is 8.56. The van der Waals surface area contributed by atoms with Crippen molar-refractivity contribution >= 4 is 33.5 Å². The first-order valence-electron chi connectivity index (χ1n) is 13.7. The third kappa shape index (κ3) is 6.76. The number of anilines is 1. The smallest absolute Gasteiger partial charge is 0.303 e. The second kappa shape index (κ2) is 13.3. The van der Waals surface area contributed by atoms with Crippen molar-refractivity contribution in [3.05, 3.63) is 126 Å². The Kier molecular flexibility index (Phi) is 9.05. The van der Waals surface area contributed by atoms with Gasteiger partial charge < -0.3 is 19.9 Å². The molecule has 0 radical (unpaired) electrons. The van der Waals surface area contributed by atoms with E-state index in [-0.39, 0.29) is 34.8 Å². The largest absolute Gasteiger partial charge is 0.505 e. The number of hydrogen-bond donors (Lipinski definition) is 3. The predicted molar refractivity (Wildman–Crippen MR) is 167 cm³/mol. The van der Waals surface area contributed by atoms with Crippen LogP contribution in [0.25, 0.3) is 28.3 Å². The van der Waals surface area contributed by atoms with E-state index in [0.717, 1.165) is 21.1 Å². The highest BCUT2D eigenvalue weighted by molar-refractivity contribution is 7.89. The number of oxazole rings is 1. The van der Waals surface area contributed by atoms with E-state index in [9.17, 15) is 23.1 Å². The van der Waals surface area contributed by atoms with Crippen molar-refractivity contribution in [2.45, 2.75) is 17.7 Å². The quantitative estimate of drug-likeness (QED) is 0.209. The van der Waals surface area contributed by atoms with Crippen LogP contribution < -0.4 is 5.32 Å². The lowest BCUT2D eigenvalue weighted by Crippen LogP contribution is -2.37. The van der Waals surface area contributed by atoms with Gasteiger partial charge in [-0.3, -0.25) is 13.9 Å². The molecule has 2 aromatic heterocycles. The van der Waals surface area contributed by atoms with Crippen molar-refractivity contribution in [1.82, 2.24) is 14.3 Å². The number of fused-ring (bicyclic) bond motifs is 1. The number of aromatic nitrogens is 2. The van der Waals surface area contributed by atoms with E-state index in [1.54, 1.807) is 30.3 Å². The van der Waals surface area contributed by atoms with Crippen molar-refractivity contribution in [2.75, 3.05) is 12.4 Å². The maximum absolute atomic E-state index is 12.5. The molecule has 0 saturated heterocycles. The number of nitrogens with zero attached hydrogens (tertiary/aromatic N) is 3. The number of aliphatic hydroxyl groups excluding tert-OH is 1. The van der Waals surface area contributed by atoms with Crippen molar-refractivity contribution in [1.29, 1.82) is 0 Å². The third-order valence-electron chi connectivity index (χ3n) is 6.75. The predicted octanol–water partition coefficient (Wildman–Crippen LogP) is 5.61. The van der Waals surface area contributed by atoms with Crippen LogP contribution in [0.2, 0.25) is 0 Å². The van der Waals surface area contributed by atoms with Gasteiger partial charge in [0.2, 0.25) is 0 Å². The summed E-state index contributed by atoms with van der Waals surface area (Å²) < 4.78 is 31.6. The molecule has 3 heterocycles. The molecule has 5 aromatic rings. The molecule has 0 spiro atoms. The standard InChI is InChI=1S/C18H15NO3.C15H13N3O4S/c20-16(21)12-11-15-19-17(13-7-3-1-4-8-13)18(22-15)14-9-5-2-6-10-14;1-18-13(15(20)17-12-8-4-5-9-16-12)14(19)10-6-2-3-7-11(10)23(18,21)22/h1-10H,11-12H2,(H,20,21);2-9,19H,1H3,(H,16,17,20). The molecule has 0 atom stereocenters. The van der Waals surface area contributed by atoms with E-state index in [0.29, 0.717) is 11.7 Å². The van der Waals surface area contributed by atoms with E-state index < -0.39 is 27.7 Å². The Bertz CT molecular complexity index is 1900. The molecule has 12 heteroatoms. The van der Waals surface area contributed by atoms with Crippen LogP contribution in [0.1, 0.15) is 17.9 Å². The topological polar surface area (TPSA) is 163 Å². The van der Waals surface area contributed by atoms with Crippen LogP contribution in [-0.2, 0) is 26.0 Å². The number of pyridine rings is 1. The van der Waals surface area contributed by atoms with E-state index >= 15 is 0 Å². The SMILES string of the molecule is CN1C(C(=O)Nc2ccccn2)=C(O)c2ccccc2S1(=O)=O.O=C(O)CCc1nc(-c2ccccc2)c(-c2ccccc2)o1. The minimum atomic E-state index is -3.91. The fourth-order valence-corrected chi connectivity index (χ4v) is 5.95. The van der Waals surface area contributed by atoms with Crippen LogP contribution in [0.15, 0.2) is 124 Å². The number of benzene rings is 3. The summed E-state index contributed by atoms with van der Waals surface area (Å²) in [5.41, 5.74) is 2.36. The molecule has 45 heavy (non-hydrogen) atoms. The van der Waals surface area contributed by atoms with E-state index in [4.69, 9.17) is 9.52 Å². The molecule has 1 aliphatic heterocycles. The van der Waals surface area contributed by atoms with Crippen molar-refractivity contribution < 1.29 is 32.6 Å². The molecular weight excluding hydrogens is 596 g/mol. The van der Waals surface area contributed by atoms with Gasteiger partial charge in [-0.05, 0) is 24.3 Å². The van der Waals surface area contributed by atoms with E-state index in [1.165, 1.54) is 25.4 Å². The first kappa shape index (κ1) is 30.7. The summed E-state index contributed by atoms with van der Waals surface area (Å²) >= 11 is 0. The van der Waals surface area contributed by atoms with Crippen molar-refractivity contribution in [3.63, 3.8) is 0 Å². The van der Waals surface area contributed by atoms with Gasteiger partial charge in [-0.15, -0.1) is 0 Å². The second-order valence-corrected chi connectivity index (χ2v) is 11.7. The van der Waals surface area contributed by atoms with Crippen LogP contribution in [-0.4, -0.2) is 51.8 Å². The number of aliphatic hydroxyl groups is 1. The lowest BCUT2D eigenvalue weighted by Gasteiger charge is -2.28. The van der Waals surface area contributed by atoms with Crippen LogP contribution in [0.3, 0.4) is 0 Å². The molecule has 6 rings (SSSR count). The normalized spacial score (nSPS) is 13.3. The first-order valence-corrected chi connectivity index (χ1v) is 15.2. The summed E-state index contributed by atoms with van der Waals surface area (Å²) in [4.78, 5) is 31.5. The number of likely N-dealkylation sites (N-methyl/N-ethyl adjacent to an activating group) is 1. The van der Waals surface area contributed by atoms with Crippen molar-refractivity contribution in [2.24, 2.45) is 0 Å². The number of carbonyl (C=O) groups excluding carboxylic acids is 1. The fraction of sp³-hybridized carbons (Fsp3) is 0.0909. The van der Waals surface area contributed by atoms with Gasteiger partial charge in [0.15, 0.2) is 23.1 Å². The van der Waals surface area contributed by atoms with Crippen LogP contribution in [0.5, 0.6) is 0 Å². The van der Waals surface area contributed by atoms with Gasteiger partial charge in [-0.25, -0.2) is 18.4 Å². The van der Waals surface area contributed by atoms with Gasteiger partial charge in [0.05, 0.1) is 11.3 Å². The molecule has 11 nitrogen and oxygen atoms in total. The van der Waals surface area contributed by atoms with Crippen molar-refractivity contribution in [3.8, 4) is 22.6 Å². The van der Waals surface area contributed by atoms with Gasteiger partial charge >= 0.3 is 5.97 Å². The number of amides is 1. The van der Waals surface area contributed by atoms with Crippen LogP contribution >= 0.6 is 0 Å². The highest BCUT2D eigenvalue weighted by Gasteiger charge is 2.37. The number of carboxylic acids is 1. The molecule has 0 fully saturated rings. The number of carbonyl (C=O) groups is 2. The molecule has 1 amide bonds. The Morgan fingerprint density at radius 2 is 1.49 bits per heavy atom. The molecule has 0 unspecified atom stereocenters. The second-order valence-electron chi connectivity index (χ2n) is 9.75. The monoisotopic (exact) mass is 624 g/mol. The van der Waals surface area contributed by atoms with Gasteiger partial charge in [0, 0.05) is 36.4 Å². The maximum Gasteiger partial charge on any atom is 0.303 e. The molecule has 0 aliphatic carbocycles. The zero-order chi connectivity index (χ0) is 32.0. The summed E-state index contributed by atoms with van der Waals surface area (Å²) in [7, 11) is -2.69. The minimum absolute atomic E-state index is 0.00295. The molecule has 0 saturated carbocycles. The number of aryl methyl sites for hydroxylation is 1. The molecule has 0 bridgehead atoms. The van der Waals surface area contributed by atoms with Gasteiger partial charge in [-0.1, -0.05) is 78.9 Å². The van der Waals surface area contributed by atoms with Gasteiger partial charge in [0.1, 0.15) is 11.5 Å². The van der Waals surface area contributed by atoms with Crippen LogP contribution in [0.4, 0.5) is 5.82 Å². The molecule has 3 aromatic carbocycles. The number of hydrogen-bond acceptors (Lipinski definition) is 8. The number of aliphatic carboxylic acids is 1. The number of carboxylic acid groups (broad SMARTS) is 1. The average Bonchev–Trinajstić information content (AvgIpc) is 3.49. The van der Waals surface area contributed by atoms with Crippen LogP contribution in [0, 0.1) is 0 Å². The summed E-state index contributed by atoms with van der Waals surface area (Å²) in [6, 6.07) is 30.3. The number of sulfonamides is 1. The average molecular weight is 625 g/mol.